The van der Waals surface area contributed by atoms with Gasteiger partial charge in [0.15, 0.2) is 0 Å². The van der Waals surface area contributed by atoms with Crippen molar-refractivity contribution in [3.8, 4) is 0 Å². The number of hydrogen-bond acceptors (Lipinski definition) is 3. The third-order valence-electron chi connectivity index (χ3n) is 4.37. The van der Waals surface area contributed by atoms with Gasteiger partial charge in [0.05, 0.1) is 18.6 Å². The van der Waals surface area contributed by atoms with Gasteiger partial charge in [0.25, 0.3) is 0 Å². The van der Waals surface area contributed by atoms with E-state index in [1.807, 2.05) is 4.90 Å². The average Bonchev–Trinajstić information content (AvgIpc) is 2.97. The number of carbonyl (C=O) groups excluding carboxylic acids is 2. The van der Waals surface area contributed by atoms with Gasteiger partial charge >= 0.3 is 0 Å². The van der Waals surface area contributed by atoms with E-state index in [1.54, 1.807) is 4.90 Å². The number of rotatable bonds is 3. The van der Waals surface area contributed by atoms with Crippen LogP contribution in [0.4, 0.5) is 0 Å². The highest BCUT2D eigenvalue weighted by Gasteiger charge is 2.44. The smallest absolute Gasteiger partial charge is 0.228 e. The molecule has 18 heavy (non-hydrogen) atoms. The Morgan fingerprint density at radius 3 is 2.78 bits per heavy atom. The summed E-state index contributed by atoms with van der Waals surface area (Å²) in [7, 11) is 0. The average molecular weight is 252 g/mol. The first-order valence-electron chi connectivity index (χ1n) is 6.91. The Morgan fingerprint density at radius 2 is 2.11 bits per heavy atom. The lowest BCUT2D eigenvalue weighted by Gasteiger charge is -2.26. The van der Waals surface area contributed by atoms with Crippen LogP contribution in [0.1, 0.15) is 32.1 Å². The van der Waals surface area contributed by atoms with Gasteiger partial charge in [-0.15, -0.1) is 0 Å². The van der Waals surface area contributed by atoms with Crippen LogP contribution in [-0.2, 0) is 9.59 Å². The fraction of sp³-hybridized carbons (Fsp3) is 0.846. The maximum Gasteiger partial charge on any atom is 0.228 e. The third-order valence-corrected chi connectivity index (χ3v) is 4.37. The molecule has 0 aromatic rings. The van der Waals surface area contributed by atoms with Crippen LogP contribution in [-0.4, -0.2) is 58.5 Å². The van der Waals surface area contributed by atoms with E-state index in [2.05, 4.69) is 0 Å². The standard InChI is InChI=1S/C13H20N2O3/c16-8-11-2-1-5-14(11)13(18)9-6-12(17)15(7-9)10-3-4-10/h9-11,16H,1-8H2/t9?,11-/m0/s1. The van der Waals surface area contributed by atoms with Gasteiger partial charge in [0, 0.05) is 25.6 Å². The molecule has 3 rings (SSSR count). The van der Waals surface area contributed by atoms with E-state index in [4.69, 9.17) is 0 Å². The lowest BCUT2D eigenvalue weighted by Crippen LogP contribution is -2.42. The topological polar surface area (TPSA) is 60.9 Å². The summed E-state index contributed by atoms with van der Waals surface area (Å²) in [4.78, 5) is 27.9. The molecule has 0 bridgehead atoms. The van der Waals surface area contributed by atoms with E-state index < -0.39 is 0 Å². The molecule has 100 valence electrons. The first kappa shape index (κ1) is 12.0. The van der Waals surface area contributed by atoms with Crippen molar-refractivity contribution < 1.29 is 14.7 Å². The molecule has 1 saturated carbocycles. The fourth-order valence-corrected chi connectivity index (χ4v) is 3.19. The predicted octanol–water partition coefficient (Wildman–Crippen LogP) is -0.0194. The highest BCUT2D eigenvalue weighted by Crippen LogP contribution is 2.34. The van der Waals surface area contributed by atoms with Crippen LogP contribution < -0.4 is 0 Å². The fourth-order valence-electron chi connectivity index (χ4n) is 3.19. The molecule has 0 spiro atoms. The van der Waals surface area contributed by atoms with Crippen LogP contribution in [0.15, 0.2) is 0 Å². The Hall–Kier alpha value is -1.10. The van der Waals surface area contributed by atoms with Crippen LogP contribution in [0.2, 0.25) is 0 Å². The summed E-state index contributed by atoms with van der Waals surface area (Å²) in [6, 6.07) is 0.380. The van der Waals surface area contributed by atoms with Crippen LogP contribution in [0.3, 0.4) is 0 Å². The van der Waals surface area contributed by atoms with Gasteiger partial charge < -0.3 is 14.9 Å². The van der Waals surface area contributed by atoms with Crippen molar-refractivity contribution in [1.29, 1.82) is 0 Å². The summed E-state index contributed by atoms with van der Waals surface area (Å²) < 4.78 is 0. The second kappa shape index (κ2) is 4.53. The maximum absolute atomic E-state index is 12.4. The Labute approximate surface area is 107 Å². The van der Waals surface area contributed by atoms with E-state index in [9.17, 15) is 14.7 Å². The minimum atomic E-state index is -0.176. The molecule has 5 heteroatoms. The molecule has 1 aliphatic carbocycles. The summed E-state index contributed by atoms with van der Waals surface area (Å²) in [5, 5.41) is 9.26. The highest BCUT2D eigenvalue weighted by molar-refractivity contribution is 5.89. The van der Waals surface area contributed by atoms with Gasteiger partial charge in [-0.25, -0.2) is 0 Å². The number of amides is 2. The molecule has 1 unspecified atom stereocenters. The van der Waals surface area contributed by atoms with Crippen molar-refractivity contribution in [3.63, 3.8) is 0 Å². The number of hydrogen-bond donors (Lipinski definition) is 1. The molecule has 0 radical (unpaired) electrons. The van der Waals surface area contributed by atoms with Crippen molar-refractivity contribution in [2.24, 2.45) is 5.92 Å². The molecule has 2 heterocycles. The van der Waals surface area contributed by atoms with E-state index >= 15 is 0 Å². The first-order valence-corrected chi connectivity index (χ1v) is 6.91. The summed E-state index contributed by atoms with van der Waals surface area (Å²) in [5.74, 6) is 0.0314. The van der Waals surface area contributed by atoms with E-state index in [0.29, 0.717) is 19.0 Å². The number of nitrogens with zero attached hydrogens (tertiary/aromatic N) is 2. The van der Waals surface area contributed by atoms with Crippen LogP contribution in [0.5, 0.6) is 0 Å². The molecule has 0 aromatic heterocycles. The second-order valence-corrected chi connectivity index (χ2v) is 5.69. The van der Waals surface area contributed by atoms with Gasteiger partial charge in [0.1, 0.15) is 0 Å². The highest BCUT2D eigenvalue weighted by atomic mass is 16.3. The lowest BCUT2D eigenvalue weighted by molar-refractivity contribution is -0.137. The van der Waals surface area contributed by atoms with Crippen LogP contribution in [0.25, 0.3) is 0 Å². The van der Waals surface area contributed by atoms with Crippen molar-refractivity contribution in [2.45, 2.75) is 44.2 Å². The minimum absolute atomic E-state index is 0.0254. The molecule has 5 nitrogen and oxygen atoms in total. The maximum atomic E-state index is 12.4. The van der Waals surface area contributed by atoms with Gasteiger partial charge in [0.2, 0.25) is 11.8 Å². The zero-order valence-corrected chi connectivity index (χ0v) is 10.5. The van der Waals surface area contributed by atoms with Gasteiger partial charge in [-0.1, -0.05) is 0 Å². The van der Waals surface area contributed by atoms with Crippen molar-refractivity contribution in [1.82, 2.24) is 9.80 Å². The molecule has 2 amide bonds. The number of likely N-dealkylation sites (tertiary alicyclic amines) is 2. The van der Waals surface area contributed by atoms with Gasteiger partial charge in [-0.2, -0.15) is 0 Å². The minimum Gasteiger partial charge on any atom is -0.394 e. The van der Waals surface area contributed by atoms with Crippen molar-refractivity contribution >= 4 is 11.8 Å². The summed E-state index contributed by atoms with van der Waals surface area (Å²) in [6.07, 6.45) is 4.40. The zero-order chi connectivity index (χ0) is 12.7. The van der Waals surface area contributed by atoms with Crippen molar-refractivity contribution in [3.05, 3.63) is 0 Å². The molecule has 1 N–H and O–H groups in total. The predicted molar refractivity (Wildman–Crippen MR) is 64.7 cm³/mol. The Bertz CT molecular complexity index is 367. The second-order valence-electron chi connectivity index (χ2n) is 5.69. The van der Waals surface area contributed by atoms with Crippen LogP contribution in [0, 0.1) is 5.92 Å². The van der Waals surface area contributed by atoms with Crippen molar-refractivity contribution in [2.75, 3.05) is 19.7 Å². The zero-order valence-electron chi connectivity index (χ0n) is 10.5. The Kier molecular flexibility index (Phi) is 3.01. The molecule has 2 atom stereocenters. The third kappa shape index (κ3) is 2.00. The first-order chi connectivity index (χ1) is 8.70. The number of aliphatic hydroxyl groups is 1. The molecule has 3 aliphatic rings. The molecular formula is C13H20N2O3. The lowest BCUT2D eigenvalue weighted by atomic mass is 10.1. The molecular weight excluding hydrogens is 232 g/mol. The Morgan fingerprint density at radius 1 is 1.33 bits per heavy atom. The number of carbonyl (C=O) groups is 2. The molecule has 3 fully saturated rings. The van der Waals surface area contributed by atoms with E-state index in [-0.39, 0.29) is 30.4 Å². The van der Waals surface area contributed by atoms with E-state index in [0.717, 1.165) is 32.2 Å². The monoisotopic (exact) mass is 252 g/mol. The number of aliphatic hydroxyl groups excluding tert-OH is 1. The van der Waals surface area contributed by atoms with Gasteiger partial charge in [-0.3, -0.25) is 9.59 Å². The molecule has 2 aliphatic heterocycles. The molecule has 0 aromatic carbocycles. The SMILES string of the molecule is O=C1CC(C(=O)N2CCC[C@H]2CO)CN1C1CC1. The van der Waals surface area contributed by atoms with Crippen LogP contribution >= 0.6 is 0 Å². The molecule has 2 saturated heterocycles. The quantitative estimate of drug-likeness (QED) is 0.768. The van der Waals surface area contributed by atoms with Gasteiger partial charge in [-0.05, 0) is 25.7 Å². The Balaban J connectivity index is 1.64. The largest absolute Gasteiger partial charge is 0.394 e. The van der Waals surface area contributed by atoms with E-state index in [1.165, 1.54) is 0 Å². The summed E-state index contributed by atoms with van der Waals surface area (Å²) >= 11 is 0. The normalized spacial score (nSPS) is 32.4. The summed E-state index contributed by atoms with van der Waals surface area (Å²) in [5.41, 5.74) is 0. The summed E-state index contributed by atoms with van der Waals surface area (Å²) in [6.45, 7) is 1.37.